The molecule has 2 aromatic carbocycles. The van der Waals surface area contributed by atoms with E-state index in [2.05, 4.69) is 15.3 Å². The fourth-order valence-electron chi connectivity index (χ4n) is 3.43. The van der Waals surface area contributed by atoms with Crippen molar-refractivity contribution in [1.29, 1.82) is 0 Å². The maximum Gasteiger partial charge on any atom is 0.255 e. The fourth-order valence-corrected chi connectivity index (χ4v) is 3.43. The molecule has 7 heteroatoms. The van der Waals surface area contributed by atoms with E-state index in [1.54, 1.807) is 42.6 Å². The molecule has 1 aromatic heterocycles. The van der Waals surface area contributed by atoms with Gasteiger partial charge in [-0.05, 0) is 69.0 Å². The van der Waals surface area contributed by atoms with Gasteiger partial charge in [-0.15, -0.1) is 0 Å². The third kappa shape index (κ3) is 5.00. The number of rotatable bonds is 7. The van der Waals surface area contributed by atoms with Crippen LogP contribution < -0.4 is 10.1 Å². The zero-order valence-corrected chi connectivity index (χ0v) is 18.4. The van der Waals surface area contributed by atoms with Crippen LogP contribution >= 0.6 is 0 Å². The van der Waals surface area contributed by atoms with Crippen LogP contribution in [0.3, 0.4) is 0 Å². The van der Waals surface area contributed by atoms with Crippen LogP contribution in [0, 0.1) is 12.7 Å². The molecule has 1 amide bonds. The van der Waals surface area contributed by atoms with Crippen molar-refractivity contribution in [2.45, 2.75) is 13.3 Å². The van der Waals surface area contributed by atoms with Crippen LogP contribution in [-0.4, -0.2) is 48.7 Å². The minimum Gasteiger partial charge on any atom is -0.492 e. The number of pyridine rings is 1. The molecule has 0 radical (unpaired) electrons. The zero-order chi connectivity index (χ0) is 22.7. The largest absolute Gasteiger partial charge is 0.492 e. The van der Waals surface area contributed by atoms with Crippen LogP contribution in [-0.2, 0) is 6.42 Å². The van der Waals surface area contributed by atoms with E-state index in [9.17, 15) is 9.18 Å². The third-order valence-corrected chi connectivity index (χ3v) is 5.14. The molecule has 164 valence electrons. The lowest BCUT2D eigenvalue weighted by Gasteiger charge is -2.11. The molecule has 0 atom stereocenters. The number of anilines is 1. The van der Waals surface area contributed by atoms with E-state index in [0.29, 0.717) is 47.1 Å². The smallest absolute Gasteiger partial charge is 0.255 e. The molecule has 4 rings (SSSR count). The highest BCUT2D eigenvalue weighted by Crippen LogP contribution is 2.29. The third-order valence-electron chi connectivity index (χ3n) is 5.14. The Morgan fingerprint density at radius 2 is 1.94 bits per heavy atom. The number of hydrogen-bond acceptors (Lipinski definition) is 5. The summed E-state index contributed by atoms with van der Waals surface area (Å²) < 4.78 is 20.2. The molecule has 6 nitrogen and oxygen atoms in total. The molecule has 0 aliphatic carbocycles. The van der Waals surface area contributed by atoms with E-state index in [1.165, 1.54) is 6.07 Å². The number of likely N-dealkylation sites (N-methyl/N-ethyl adjacent to an activating group) is 1. The minimum absolute atomic E-state index is 0.281. The van der Waals surface area contributed by atoms with Gasteiger partial charge >= 0.3 is 0 Å². The van der Waals surface area contributed by atoms with Gasteiger partial charge in [-0.2, -0.15) is 0 Å². The number of nitrogens with one attached hydrogen (secondary N) is 1. The number of aryl methyl sites for hydroxylation is 1. The second-order valence-electron chi connectivity index (χ2n) is 8.06. The molecule has 0 saturated carbocycles. The predicted molar refractivity (Wildman–Crippen MR) is 124 cm³/mol. The number of nitrogens with zero attached hydrogens (tertiary/aromatic N) is 3. The van der Waals surface area contributed by atoms with Crippen molar-refractivity contribution in [3.8, 4) is 5.75 Å². The lowest BCUT2D eigenvalue weighted by Crippen LogP contribution is -2.19. The van der Waals surface area contributed by atoms with E-state index in [1.807, 2.05) is 32.0 Å². The lowest BCUT2D eigenvalue weighted by atomic mass is 10.0. The molecule has 1 aliphatic heterocycles. The van der Waals surface area contributed by atoms with Crippen LogP contribution in [0.1, 0.15) is 27.0 Å². The van der Waals surface area contributed by atoms with Crippen LogP contribution in [0.4, 0.5) is 15.9 Å². The number of aromatic nitrogens is 1. The second kappa shape index (κ2) is 9.28. The quantitative estimate of drug-likeness (QED) is 0.601. The van der Waals surface area contributed by atoms with Gasteiger partial charge in [0, 0.05) is 41.5 Å². The normalized spacial score (nSPS) is 12.5. The van der Waals surface area contributed by atoms with Crippen molar-refractivity contribution in [1.82, 2.24) is 9.88 Å². The summed E-state index contributed by atoms with van der Waals surface area (Å²) in [6.45, 7) is 3.34. The number of hydrogen-bond donors (Lipinski definition) is 1. The van der Waals surface area contributed by atoms with Crippen LogP contribution in [0.15, 0.2) is 59.7 Å². The van der Waals surface area contributed by atoms with Gasteiger partial charge in [0.25, 0.3) is 5.91 Å². The fraction of sp³-hybridized carbons (Fsp3) is 0.240. The van der Waals surface area contributed by atoms with E-state index >= 15 is 0 Å². The van der Waals surface area contributed by atoms with Gasteiger partial charge in [-0.25, -0.2) is 14.4 Å². The highest BCUT2D eigenvalue weighted by atomic mass is 19.1. The first-order chi connectivity index (χ1) is 15.4. The number of carbonyl (C=O) groups excluding carboxylic acids is 1. The van der Waals surface area contributed by atoms with Crippen molar-refractivity contribution in [3.63, 3.8) is 0 Å². The second-order valence-corrected chi connectivity index (χ2v) is 8.06. The summed E-state index contributed by atoms with van der Waals surface area (Å²) in [4.78, 5) is 23.5. The Morgan fingerprint density at radius 1 is 1.16 bits per heavy atom. The van der Waals surface area contributed by atoms with E-state index < -0.39 is 0 Å². The average molecular weight is 432 g/mol. The molecule has 32 heavy (non-hydrogen) atoms. The molecule has 0 spiro atoms. The van der Waals surface area contributed by atoms with Gasteiger partial charge in [0.15, 0.2) is 5.82 Å². The van der Waals surface area contributed by atoms with Crippen LogP contribution in [0.2, 0.25) is 0 Å². The Kier molecular flexibility index (Phi) is 6.28. The number of ether oxygens (including phenoxy) is 1. The maximum absolute atomic E-state index is 14.5. The number of amides is 1. The van der Waals surface area contributed by atoms with Crippen LogP contribution in [0.5, 0.6) is 5.75 Å². The molecule has 3 aromatic rings. The average Bonchev–Trinajstić information content (AvgIpc) is 3.18. The van der Waals surface area contributed by atoms with Crippen molar-refractivity contribution >= 4 is 23.1 Å². The van der Waals surface area contributed by atoms with E-state index in [-0.39, 0.29) is 11.7 Å². The number of fused-ring (bicyclic) bond motifs is 1. The topological polar surface area (TPSA) is 66.8 Å². The molecule has 0 fully saturated rings. The summed E-state index contributed by atoms with van der Waals surface area (Å²) in [5.41, 5.74) is 3.97. The number of aliphatic imine (C=N–C) groups is 1. The molecule has 1 N–H and O–H groups in total. The molecular formula is C25H25FN4O2. The first kappa shape index (κ1) is 21.6. The lowest BCUT2D eigenvalue weighted by molar-refractivity contribution is 0.102. The Morgan fingerprint density at radius 3 is 2.69 bits per heavy atom. The van der Waals surface area contributed by atoms with Gasteiger partial charge in [-0.3, -0.25) is 4.79 Å². The molecule has 0 bridgehead atoms. The minimum atomic E-state index is -0.384. The van der Waals surface area contributed by atoms with E-state index in [0.717, 1.165) is 17.7 Å². The summed E-state index contributed by atoms with van der Waals surface area (Å²) in [6.07, 6.45) is 2.25. The summed E-state index contributed by atoms with van der Waals surface area (Å²) >= 11 is 0. The monoisotopic (exact) mass is 432 g/mol. The zero-order valence-electron chi connectivity index (χ0n) is 18.4. The number of halogens is 1. The molecule has 0 unspecified atom stereocenters. The summed E-state index contributed by atoms with van der Waals surface area (Å²) in [5.74, 6) is 0.657. The standard InChI is InChI=1S/C25H25FN4O2/c1-16-12-18-13-23(29-24(18)27-15-16)21-14-19(6-9-22(21)26)28-25(31)17-4-7-20(8-5-17)32-11-10-30(2)3/h4-9,12,14-15H,10-11,13H2,1-3H3,(H,28,31). The van der Waals surface area contributed by atoms with E-state index in [4.69, 9.17) is 4.74 Å². The summed E-state index contributed by atoms with van der Waals surface area (Å²) in [5, 5.41) is 2.83. The Hall–Kier alpha value is -3.58. The van der Waals surface area contributed by atoms with Crippen molar-refractivity contribution in [2.75, 3.05) is 32.6 Å². The van der Waals surface area contributed by atoms with Crippen molar-refractivity contribution in [3.05, 3.63) is 82.8 Å². The molecule has 1 aliphatic rings. The van der Waals surface area contributed by atoms with Gasteiger partial charge in [0.2, 0.25) is 0 Å². The molecular weight excluding hydrogens is 407 g/mol. The Bertz CT molecular complexity index is 1170. The van der Waals surface area contributed by atoms with Crippen molar-refractivity contribution < 1.29 is 13.9 Å². The summed E-state index contributed by atoms with van der Waals surface area (Å²) in [6, 6.07) is 13.4. The van der Waals surface area contributed by atoms with Gasteiger partial charge in [-0.1, -0.05) is 6.07 Å². The molecule has 0 saturated heterocycles. The molecule has 2 heterocycles. The number of benzene rings is 2. The SMILES string of the molecule is Cc1cnc2c(c1)CC(c1cc(NC(=O)c3ccc(OCCN(C)C)cc3)ccc1F)=N2. The first-order valence-electron chi connectivity index (χ1n) is 10.4. The highest BCUT2D eigenvalue weighted by molar-refractivity contribution is 6.08. The van der Waals surface area contributed by atoms with Gasteiger partial charge in [0.1, 0.15) is 18.2 Å². The number of carbonyl (C=O) groups is 1. The Labute approximate surface area is 186 Å². The predicted octanol–water partition coefficient (Wildman–Crippen LogP) is 4.40. The summed E-state index contributed by atoms with van der Waals surface area (Å²) in [7, 11) is 3.96. The maximum atomic E-state index is 14.5. The first-order valence-corrected chi connectivity index (χ1v) is 10.4. The van der Waals surface area contributed by atoms with Gasteiger partial charge < -0.3 is 15.0 Å². The van der Waals surface area contributed by atoms with Crippen molar-refractivity contribution in [2.24, 2.45) is 4.99 Å². The van der Waals surface area contributed by atoms with Gasteiger partial charge in [0.05, 0.1) is 5.71 Å². The van der Waals surface area contributed by atoms with Crippen LogP contribution in [0.25, 0.3) is 0 Å². The Balaban J connectivity index is 1.45. The highest BCUT2D eigenvalue weighted by Gasteiger charge is 2.20.